The standard InChI is InChI=1S/C19H32N6O/c1-16-23-17-8-5-6-9-18(17)25(16)12-7-10-21-19(20-2)22-11-13-24(3)14-15-26-4/h5-6,8-9H,7,10-15H2,1-4H3,(H2,20,21,22). The van der Waals surface area contributed by atoms with Crippen LogP contribution in [0.5, 0.6) is 0 Å². The van der Waals surface area contributed by atoms with Gasteiger partial charge in [0.2, 0.25) is 0 Å². The molecule has 26 heavy (non-hydrogen) atoms. The first-order valence-electron chi connectivity index (χ1n) is 9.19. The Morgan fingerprint density at radius 1 is 1.23 bits per heavy atom. The SMILES string of the molecule is CN=C(NCCCn1c(C)nc2ccccc21)NCCN(C)CCOC. The van der Waals surface area contributed by atoms with Crippen molar-refractivity contribution >= 4 is 17.0 Å². The van der Waals surface area contributed by atoms with E-state index in [0.717, 1.165) is 63.1 Å². The van der Waals surface area contributed by atoms with E-state index < -0.39 is 0 Å². The molecule has 1 aromatic carbocycles. The number of hydrogen-bond acceptors (Lipinski definition) is 4. The first-order valence-corrected chi connectivity index (χ1v) is 9.19. The zero-order chi connectivity index (χ0) is 18.8. The first-order chi connectivity index (χ1) is 12.7. The highest BCUT2D eigenvalue weighted by molar-refractivity contribution is 5.79. The molecule has 0 unspecified atom stereocenters. The Kier molecular flexibility index (Phi) is 8.37. The van der Waals surface area contributed by atoms with Crippen LogP contribution < -0.4 is 10.6 Å². The van der Waals surface area contributed by atoms with Crippen molar-refractivity contribution in [1.29, 1.82) is 0 Å². The third kappa shape index (κ3) is 6.00. The number of nitrogens with zero attached hydrogens (tertiary/aromatic N) is 4. The van der Waals surface area contributed by atoms with Crippen molar-refractivity contribution in [2.45, 2.75) is 19.9 Å². The molecule has 1 aromatic heterocycles. The highest BCUT2D eigenvalue weighted by Gasteiger charge is 2.06. The second kappa shape index (κ2) is 10.8. The zero-order valence-corrected chi connectivity index (χ0v) is 16.5. The van der Waals surface area contributed by atoms with Gasteiger partial charge in [0.05, 0.1) is 17.6 Å². The average molecular weight is 361 g/mol. The monoisotopic (exact) mass is 360 g/mol. The molecule has 7 heteroatoms. The molecule has 0 amide bonds. The minimum absolute atomic E-state index is 0.756. The lowest BCUT2D eigenvalue weighted by Crippen LogP contribution is -2.41. The predicted molar refractivity (Wildman–Crippen MR) is 108 cm³/mol. The molecule has 0 saturated carbocycles. The van der Waals surface area contributed by atoms with Crippen LogP contribution in [0.3, 0.4) is 0 Å². The Hall–Kier alpha value is -2.12. The number of rotatable bonds is 10. The van der Waals surface area contributed by atoms with E-state index in [1.807, 2.05) is 6.07 Å². The summed E-state index contributed by atoms with van der Waals surface area (Å²) in [7, 11) is 5.62. The van der Waals surface area contributed by atoms with E-state index in [-0.39, 0.29) is 0 Å². The molecule has 0 radical (unpaired) electrons. The largest absolute Gasteiger partial charge is 0.383 e. The fourth-order valence-corrected chi connectivity index (χ4v) is 2.87. The number of aryl methyl sites for hydroxylation is 2. The van der Waals surface area contributed by atoms with Gasteiger partial charge in [0.25, 0.3) is 0 Å². The van der Waals surface area contributed by atoms with Crippen molar-refractivity contribution in [3.05, 3.63) is 30.1 Å². The van der Waals surface area contributed by atoms with Crippen LogP contribution in [0.2, 0.25) is 0 Å². The summed E-state index contributed by atoms with van der Waals surface area (Å²) >= 11 is 0. The predicted octanol–water partition coefficient (Wildman–Crippen LogP) is 1.48. The lowest BCUT2D eigenvalue weighted by molar-refractivity contribution is 0.162. The second-order valence-electron chi connectivity index (χ2n) is 6.37. The lowest BCUT2D eigenvalue weighted by Gasteiger charge is -2.18. The molecule has 1 heterocycles. The summed E-state index contributed by atoms with van der Waals surface area (Å²) in [5, 5.41) is 6.73. The molecule has 2 aromatic rings. The molecule has 0 aliphatic carbocycles. The van der Waals surface area contributed by atoms with E-state index in [1.165, 1.54) is 5.52 Å². The third-order valence-corrected chi connectivity index (χ3v) is 4.38. The summed E-state index contributed by atoms with van der Waals surface area (Å²) in [6.45, 7) is 7.36. The van der Waals surface area contributed by atoms with Gasteiger partial charge in [0.15, 0.2) is 5.96 Å². The van der Waals surface area contributed by atoms with Crippen LogP contribution >= 0.6 is 0 Å². The normalized spacial score (nSPS) is 12.1. The molecule has 7 nitrogen and oxygen atoms in total. The molecule has 2 N–H and O–H groups in total. The molecule has 0 aliphatic heterocycles. The van der Waals surface area contributed by atoms with Crippen molar-refractivity contribution in [2.24, 2.45) is 4.99 Å². The van der Waals surface area contributed by atoms with Gasteiger partial charge in [0, 0.05) is 46.9 Å². The fraction of sp³-hybridized carbons (Fsp3) is 0.579. The molecule has 2 rings (SSSR count). The number of nitrogens with one attached hydrogen (secondary N) is 2. The molecule has 0 atom stereocenters. The number of ether oxygens (including phenoxy) is 1. The number of benzene rings is 1. The van der Waals surface area contributed by atoms with Gasteiger partial charge in [-0.3, -0.25) is 4.99 Å². The van der Waals surface area contributed by atoms with Crippen LogP contribution in [-0.2, 0) is 11.3 Å². The minimum atomic E-state index is 0.756. The number of fused-ring (bicyclic) bond motifs is 1. The first kappa shape index (κ1) is 20.2. The van der Waals surface area contributed by atoms with Gasteiger partial charge in [-0.2, -0.15) is 0 Å². The molecule has 144 valence electrons. The van der Waals surface area contributed by atoms with Crippen LogP contribution in [0, 0.1) is 6.92 Å². The van der Waals surface area contributed by atoms with Gasteiger partial charge < -0.3 is 24.8 Å². The topological polar surface area (TPSA) is 66.7 Å². The number of likely N-dealkylation sites (N-methyl/N-ethyl adjacent to an activating group) is 1. The molecule has 0 spiro atoms. The summed E-state index contributed by atoms with van der Waals surface area (Å²) in [4.78, 5) is 11.1. The summed E-state index contributed by atoms with van der Waals surface area (Å²) < 4.78 is 7.36. The number of para-hydroxylation sites is 2. The van der Waals surface area contributed by atoms with E-state index in [0.29, 0.717) is 0 Å². The Morgan fingerprint density at radius 2 is 2.00 bits per heavy atom. The maximum atomic E-state index is 5.09. The number of guanidine groups is 1. The summed E-state index contributed by atoms with van der Waals surface area (Å²) in [5.74, 6) is 1.91. The number of hydrogen-bond donors (Lipinski definition) is 2. The minimum Gasteiger partial charge on any atom is -0.383 e. The highest BCUT2D eigenvalue weighted by Crippen LogP contribution is 2.15. The summed E-state index contributed by atoms with van der Waals surface area (Å²) in [6.07, 6.45) is 1.01. The third-order valence-electron chi connectivity index (χ3n) is 4.38. The smallest absolute Gasteiger partial charge is 0.191 e. The van der Waals surface area contributed by atoms with Crippen molar-refractivity contribution in [3.63, 3.8) is 0 Å². The van der Waals surface area contributed by atoms with E-state index in [4.69, 9.17) is 4.74 Å². The maximum Gasteiger partial charge on any atom is 0.191 e. The Balaban J connectivity index is 1.70. The number of methoxy groups -OCH3 is 1. The molecule has 0 aliphatic rings. The van der Waals surface area contributed by atoms with E-state index in [2.05, 4.69) is 62.2 Å². The van der Waals surface area contributed by atoms with Crippen molar-refractivity contribution < 1.29 is 4.74 Å². The van der Waals surface area contributed by atoms with Crippen LogP contribution in [0.15, 0.2) is 29.3 Å². The van der Waals surface area contributed by atoms with Crippen molar-refractivity contribution in [2.75, 3.05) is 54.0 Å². The Labute approximate surface area is 156 Å². The molecule has 0 saturated heterocycles. The lowest BCUT2D eigenvalue weighted by atomic mass is 10.3. The van der Waals surface area contributed by atoms with Crippen LogP contribution in [-0.4, -0.2) is 74.4 Å². The quantitative estimate of drug-likeness (QED) is 0.382. The van der Waals surface area contributed by atoms with Crippen LogP contribution in [0.4, 0.5) is 0 Å². The van der Waals surface area contributed by atoms with Crippen LogP contribution in [0.25, 0.3) is 11.0 Å². The maximum absolute atomic E-state index is 5.09. The molecule has 0 fully saturated rings. The van der Waals surface area contributed by atoms with Gasteiger partial charge in [0.1, 0.15) is 5.82 Å². The van der Waals surface area contributed by atoms with Gasteiger partial charge in [-0.05, 0) is 32.5 Å². The molecular weight excluding hydrogens is 328 g/mol. The van der Waals surface area contributed by atoms with E-state index in [9.17, 15) is 0 Å². The Morgan fingerprint density at radius 3 is 2.77 bits per heavy atom. The highest BCUT2D eigenvalue weighted by atomic mass is 16.5. The zero-order valence-electron chi connectivity index (χ0n) is 16.5. The average Bonchev–Trinajstić information content (AvgIpc) is 2.97. The van der Waals surface area contributed by atoms with Gasteiger partial charge in [-0.1, -0.05) is 12.1 Å². The van der Waals surface area contributed by atoms with Gasteiger partial charge >= 0.3 is 0 Å². The molecule has 0 bridgehead atoms. The summed E-state index contributed by atoms with van der Waals surface area (Å²) in [6, 6.07) is 8.28. The number of aliphatic imine (C=N–C) groups is 1. The Bertz CT molecular complexity index is 696. The van der Waals surface area contributed by atoms with Crippen LogP contribution in [0.1, 0.15) is 12.2 Å². The second-order valence-corrected chi connectivity index (χ2v) is 6.37. The fourth-order valence-electron chi connectivity index (χ4n) is 2.87. The number of aromatic nitrogens is 2. The molecular formula is C19H32N6O. The van der Waals surface area contributed by atoms with Crippen molar-refractivity contribution in [1.82, 2.24) is 25.1 Å². The number of imidazole rings is 1. The van der Waals surface area contributed by atoms with E-state index >= 15 is 0 Å². The van der Waals surface area contributed by atoms with Crippen molar-refractivity contribution in [3.8, 4) is 0 Å². The van der Waals surface area contributed by atoms with Gasteiger partial charge in [-0.25, -0.2) is 4.98 Å². The van der Waals surface area contributed by atoms with E-state index in [1.54, 1.807) is 14.2 Å². The van der Waals surface area contributed by atoms with Gasteiger partial charge in [-0.15, -0.1) is 0 Å². The summed E-state index contributed by atoms with van der Waals surface area (Å²) in [5.41, 5.74) is 2.26.